The van der Waals surface area contributed by atoms with Gasteiger partial charge in [0.25, 0.3) is 11.5 Å². The van der Waals surface area contributed by atoms with Crippen molar-refractivity contribution < 1.29 is 9.59 Å². The zero-order chi connectivity index (χ0) is 24.8. The summed E-state index contributed by atoms with van der Waals surface area (Å²) in [6, 6.07) is 10.2. The fourth-order valence-corrected chi connectivity index (χ4v) is 4.11. The molecule has 0 atom stereocenters. The molecule has 10 heteroatoms. The number of hydrogen-bond acceptors (Lipinski definition) is 6. The molecule has 3 amide bonds. The largest absolute Gasteiger partial charge is 0.357 e. The number of urea groups is 1. The lowest BCUT2D eigenvalue weighted by atomic mass is 10.00. The van der Waals surface area contributed by atoms with E-state index in [4.69, 9.17) is 0 Å². The molecule has 5 N–H and O–H groups in total. The quantitative estimate of drug-likeness (QED) is 0.348. The van der Waals surface area contributed by atoms with Crippen LogP contribution in [0.5, 0.6) is 0 Å². The Hall–Kier alpha value is -4.18. The summed E-state index contributed by atoms with van der Waals surface area (Å²) in [5.74, 6) is 0.640. The van der Waals surface area contributed by atoms with E-state index in [9.17, 15) is 14.4 Å². The standard InChI is InChI=1S/C25H29N7O3/c1-16-19(18-13-21(24(34)28-15-18)30-25(35)31-26-2)7-6-8-20(16)29-23(33)17-9-10-22(27-14-17)32-11-4-3-5-12-32/h6-10,13-15,26H,3-5,11-12H2,1-2H3,(H,28,34)(H,29,33)(H2,30,31,35). The zero-order valence-corrected chi connectivity index (χ0v) is 19.8. The minimum atomic E-state index is -0.562. The van der Waals surface area contributed by atoms with Crippen molar-refractivity contribution in [2.45, 2.75) is 26.2 Å². The number of hydrogen-bond donors (Lipinski definition) is 5. The summed E-state index contributed by atoms with van der Waals surface area (Å²) in [6.45, 7) is 3.87. The van der Waals surface area contributed by atoms with Gasteiger partial charge in [0.2, 0.25) is 0 Å². The summed E-state index contributed by atoms with van der Waals surface area (Å²) in [5, 5.41) is 5.46. The molecule has 2 aromatic heterocycles. The van der Waals surface area contributed by atoms with E-state index in [1.54, 1.807) is 31.6 Å². The number of aromatic nitrogens is 2. The number of rotatable bonds is 6. The van der Waals surface area contributed by atoms with Crippen LogP contribution in [0.4, 0.5) is 22.0 Å². The smallest absolute Gasteiger partial charge is 0.333 e. The highest BCUT2D eigenvalue weighted by molar-refractivity contribution is 6.05. The van der Waals surface area contributed by atoms with Crippen molar-refractivity contribution in [1.29, 1.82) is 0 Å². The first-order valence-electron chi connectivity index (χ1n) is 11.5. The molecule has 0 saturated carbocycles. The second-order valence-corrected chi connectivity index (χ2v) is 8.35. The van der Waals surface area contributed by atoms with E-state index in [2.05, 4.69) is 36.4 Å². The number of pyridine rings is 2. The lowest BCUT2D eigenvalue weighted by Gasteiger charge is -2.27. The molecule has 35 heavy (non-hydrogen) atoms. The first kappa shape index (κ1) is 24.0. The normalized spacial score (nSPS) is 13.3. The third-order valence-electron chi connectivity index (χ3n) is 5.97. The third kappa shape index (κ3) is 5.67. The van der Waals surface area contributed by atoms with E-state index in [1.807, 2.05) is 31.2 Å². The van der Waals surface area contributed by atoms with Crippen LogP contribution in [-0.4, -0.2) is 42.0 Å². The van der Waals surface area contributed by atoms with Crippen LogP contribution in [0.3, 0.4) is 0 Å². The average molecular weight is 476 g/mol. The number of carbonyl (C=O) groups excluding carboxylic acids is 2. The highest BCUT2D eigenvalue weighted by atomic mass is 16.2. The molecule has 0 unspecified atom stereocenters. The molecular formula is C25H29N7O3. The first-order valence-corrected chi connectivity index (χ1v) is 11.5. The van der Waals surface area contributed by atoms with Gasteiger partial charge in [-0.3, -0.25) is 15.0 Å². The summed E-state index contributed by atoms with van der Waals surface area (Å²) in [6.07, 6.45) is 6.75. The van der Waals surface area contributed by atoms with E-state index in [1.165, 1.54) is 6.42 Å². The van der Waals surface area contributed by atoms with Crippen molar-refractivity contribution in [3.05, 3.63) is 70.3 Å². The lowest BCUT2D eigenvalue weighted by Crippen LogP contribution is -2.38. The molecule has 0 radical (unpaired) electrons. The van der Waals surface area contributed by atoms with Crippen LogP contribution in [0.25, 0.3) is 11.1 Å². The van der Waals surface area contributed by atoms with E-state index < -0.39 is 11.6 Å². The van der Waals surface area contributed by atoms with Gasteiger partial charge in [-0.25, -0.2) is 15.2 Å². The summed E-state index contributed by atoms with van der Waals surface area (Å²) in [7, 11) is 1.54. The minimum absolute atomic E-state index is 0.101. The molecule has 0 spiro atoms. The predicted octanol–water partition coefficient (Wildman–Crippen LogP) is 3.24. The highest BCUT2D eigenvalue weighted by Gasteiger charge is 2.15. The van der Waals surface area contributed by atoms with Crippen molar-refractivity contribution in [2.75, 3.05) is 35.7 Å². The maximum atomic E-state index is 12.9. The lowest BCUT2D eigenvalue weighted by molar-refractivity contribution is 0.102. The Balaban J connectivity index is 1.52. The second-order valence-electron chi connectivity index (χ2n) is 8.35. The number of aromatic amines is 1. The number of hydrazine groups is 1. The number of carbonyl (C=O) groups is 2. The number of amides is 3. The Kier molecular flexibility index (Phi) is 7.41. The summed E-state index contributed by atoms with van der Waals surface area (Å²) >= 11 is 0. The zero-order valence-electron chi connectivity index (χ0n) is 19.8. The van der Waals surface area contributed by atoms with Gasteiger partial charge in [0.15, 0.2) is 0 Å². The van der Waals surface area contributed by atoms with Gasteiger partial charge in [-0.05, 0) is 61.6 Å². The first-order chi connectivity index (χ1) is 17.0. The third-order valence-corrected chi connectivity index (χ3v) is 5.97. The van der Waals surface area contributed by atoms with Crippen LogP contribution in [0.2, 0.25) is 0 Å². The van der Waals surface area contributed by atoms with Crippen LogP contribution in [0, 0.1) is 6.92 Å². The molecule has 4 rings (SSSR count). The second kappa shape index (κ2) is 10.8. The summed E-state index contributed by atoms with van der Waals surface area (Å²) < 4.78 is 0. The van der Waals surface area contributed by atoms with Gasteiger partial charge in [0.05, 0.1) is 5.56 Å². The van der Waals surface area contributed by atoms with Gasteiger partial charge < -0.3 is 20.5 Å². The number of nitrogens with one attached hydrogen (secondary N) is 5. The molecule has 3 aromatic rings. The molecule has 182 valence electrons. The van der Waals surface area contributed by atoms with E-state index in [0.29, 0.717) is 16.8 Å². The Labute approximate surface area is 203 Å². The molecule has 1 aliphatic heterocycles. The van der Waals surface area contributed by atoms with E-state index in [0.717, 1.165) is 42.9 Å². The van der Waals surface area contributed by atoms with Crippen LogP contribution >= 0.6 is 0 Å². The Morgan fingerprint density at radius 1 is 1.03 bits per heavy atom. The van der Waals surface area contributed by atoms with Crippen LogP contribution < -0.4 is 31.9 Å². The van der Waals surface area contributed by atoms with E-state index in [-0.39, 0.29) is 11.6 Å². The SMILES string of the molecule is CNNC(=O)Nc1cc(-c2cccc(NC(=O)c3ccc(N4CCCCC4)nc3)c2C)c[nH]c1=O. The maximum absolute atomic E-state index is 12.9. The Morgan fingerprint density at radius 2 is 1.83 bits per heavy atom. The molecule has 0 bridgehead atoms. The van der Waals surface area contributed by atoms with Crippen molar-refractivity contribution in [3.8, 4) is 11.1 Å². The van der Waals surface area contributed by atoms with Crippen LogP contribution in [0.15, 0.2) is 53.6 Å². The molecule has 10 nitrogen and oxygen atoms in total. The number of H-pyrrole nitrogens is 1. The molecule has 0 aliphatic carbocycles. The predicted molar refractivity (Wildman–Crippen MR) is 137 cm³/mol. The number of nitrogens with zero attached hydrogens (tertiary/aromatic N) is 2. The Bertz CT molecular complexity index is 1260. The van der Waals surface area contributed by atoms with Gasteiger partial charge in [-0.1, -0.05) is 12.1 Å². The molecule has 1 aromatic carbocycles. The van der Waals surface area contributed by atoms with Gasteiger partial charge >= 0.3 is 6.03 Å². The molecule has 3 heterocycles. The highest BCUT2D eigenvalue weighted by Crippen LogP contribution is 2.29. The van der Waals surface area contributed by atoms with Gasteiger partial charge in [0.1, 0.15) is 11.5 Å². The molecular weight excluding hydrogens is 446 g/mol. The minimum Gasteiger partial charge on any atom is -0.357 e. The van der Waals surface area contributed by atoms with Gasteiger partial charge in [-0.15, -0.1) is 0 Å². The molecule has 1 fully saturated rings. The number of piperidine rings is 1. The van der Waals surface area contributed by atoms with E-state index >= 15 is 0 Å². The number of benzene rings is 1. The van der Waals surface area contributed by atoms with Crippen molar-refractivity contribution in [1.82, 2.24) is 20.8 Å². The van der Waals surface area contributed by atoms with Gasteiger partial charge in [0, 0.05) is 43.8 Å². The number of anilines is 3. The van der Waals surface area contributed by atoms with Crippen molar-refractivity contribution in [2.24, 2.45) is 0 Å². The van der Waals surface area contributed by atoms with Crippen LogP contribution in [0.1, 0.15) is 35.2 Å². The summed E-state index contributed by atoms with van der Waals surface area (Å²) in [4.78, 5) is 46.2. The van der Waals surface area contributed by atoms with Crippen LogP contribution in [-0.2, 0) is 0 Å². The monoisotopic (exact) mass is 475 g/mol. The molecule has 1 aliphatic rings. The van der Waals surface area contributed by atoms with Gasteiger partial charge in [-0.2, -0.15) is 0 Å². The molecule has 1 saturated heterocycles. The van der Waals surface area contributed by atoms with Crippen molar-refractivity contribution >= 4 is 29.1 Å². The topological polar surface area (TPSA) is 131 Å². The summed E-state index contributed by atoms with van der Waals surface area (Å²) in [5.41, 5.74) is 7.94. The maximum Gasteiger partial charge on any atom is 0.333 e. The van der Waals surface area contributed by atoms with Crippen molar-refractivity contribution in [3.63, 3.8) is 0 Å². The fourth-order valence-electron chi connectivity index (χ4n) is 4.11. The Morgan fingerprint density at radius 3 is 2.54 bits per heavy atom. The fraction of sp³-hybridized carbons (Fsp3) is 0.280. The average Bonchev–Trinajstić information content (AvgIpc) is 2.87.